The molecular weight excluding hydrogens is 352 g/mol. The summed E-state index contributed by atoms with van der Waals surface area (Å²) in [5.41, 5.74) is 2.26. The van der Waals surface area contributed by atoms with E-state index in [0.717, 1.165) is 5.56 Å². The molecule has 1 unspecified atom stereocenters. The SMILES string of the molecule is Cc1ccc(CCC(=O)N2CC3(C2)C(C(=O)N(C)C)CCS3(=O)=O)cc1. The van der Waals surface area contributed by atoms with Crippen molar-refractivity contribution < 1.29 is 18.0 Å². The summed E-state index contributed by atoms with van der Waals surface area (Å²) in [6, 6.07) is 8.04. The smallest absolute Gasteiger partial charge is 0.226 e. The summed E-state index contributed by atoms with van der Waals surface area (Å²) >= 11 is 0. The second-order valence-electron chi connectivity index (χ2n) is 7.69. The molecule has 0 aliphatic carbocycles. The van der Waals surface area contributed by atoms with E-state index >= 15 is 0 Å². The molecule has 0 bridgehead atoms. The highest BCUT2D eigenvalue weighted by Crippen LogP contribution is 2.45. The van der Waals surface area contributed by atoms with Crippen LogP contribution in [0.1, 0.15) is 24.0 Å². The summed E-state index contributed by atoms with van der Waals surface area (Å²) in [7, 11) is -0.0713. The van der Waals surface area contributed by atoms with Crippen molar-refractivity contribution in [2.75, 3.05) is 32.9 Å². The van der Waals surface area contributed by atoms with Gasteiger partial charge in [0.1, 0.15) is 4.75 Å². The number of hydrogen-bond acceptors (Lipinski definition) is 4. The predicted octanol–water partition coefficient (Wildman–Crippen LogP) is 1.03. The van der Waals surface area contributed by atoms with E-state index in [2.05, 4.69) is 0 Å². The molecule has 0 N–H and O–H groups in total. The van der Waals surface area contributed by atoms with Crippen molar-refractivity contribution in [1.29, 1.82) is 0 Å². The van der Waals surface area contributed by atoms with Gasteiger partial charge in [0.05, 0.1) is 11.7 Å². The Balaban J connectivity index is 1.64. The Bertz CT molecular complexity index is 808. The first-order valence-corrected chi connectivity index (χ1v) is 10.6. The summed E-state index contributed by atoms with van der Waals surface area (Å²) < 4.78 is 24.1. The van der Waals surface area contributed by atoms with E-state index in [0.29, 0.717) is 19.3 Å². The number of benzene rings is 1. The molecule has 2 saturated heterocycles. The third-order valence-electron chi connectivity index (χ3n) is 5.69. The van der Waals surface area contributed by atoms with Gasteiger partial charge in [0.25, 0.3) is 0 Å². The Kier molecular flexibility index (Phi) is 4.86. The molecule has 1 aromatic carbocycles. The van der Waals surface area contributed by atoms with Crippen LogP contribution in [-0.2, 0) is 25.8 Å². The lowest BCUT2D eigenvalue weighted by Crippen LogP contribution is -2.69. The van der Waals surface area contributed by atoms with Crippen LogP contribution in [0, 0.1) is 12.8 Å². The molecule has 2 heterocycles. The predicted molar refractivity (Wildman–Crippen MR) is 99.4 cm³/mol. The number of carbonyl (C=O) groups is 2. The Morgan fingerprint density at radius 2 is 1.81 bits per heavy atom. The molecule has 6 nitrogen and oxygen atoms in total. The van der Waals surface area contributed by atoms with Crippen molar-refractivity contribution in [3.63, 3.8) is 0 Å². The number of amides is 2. The lowest BCUT2D eigenvalue weighted by Gasteiger charge is -2.49. The van der Waals surface area contributed by atoms with E-state index < -0.39 is 20.5 Å². The quantitative estimate of drug-likeness (QED) is 0.784. The van der Waals surface area contributed by atoms with Gasteiger partial charge in [-0.15, -0.1) is 0 Å². The normalized spacial score (nSPS) is 22.9. The Morgan fingerprint density at radius 1 is 1.19 bits per heavy atom. The van der Waals surface area contributed by atoms with E-state index in [-0.39, 0.29) is 30.7 Å². The van der Waals surface area contributed by atoms with E-state index in [1.165, 1.54) is 10.5 Å². The summed E-state index contributed by atoms with van der Waals surface area (Å²) in [6.45, 7) is 2.31. The molecule has 1 atom stereocenters. The van der Waals surface area contributed by atoms with Gasteiger partial charge in [0.15, 0.2) is 9.84 Å². The molecule has 0 saturated carbocycles. The van der Waals surface area contributed by atoms with Crippen LogP contribution >= 0.6 is 0 Å². The van der Waals surface area contributed by atoms with Gasteiger partial charge < -0.3 is 9.80 Å². The van der Waals surface area contributed by atoms with Crippen molar-refractivity contribution >= 4 is 21.7 Å². The van der Waals surface area contributed by atoms with Crippen molar-refractivity contribution in [2.45, 2.75) is 30.9 Å². The van der Waals surface area contributed by atoms with E-state index in [1.807, 2.05) is 31.2 Å². The Hall–Kier alpha value is -1.89. The summed E-state index contributed by atoms with van der Waals surface area (Å²) in [5, 5.41) is 0. The largest absolute Gasteiger partial charge is 0.349 e. The maximum absolute atomic E-state index is 12.6. The number of hydrogen-bond donors (Lipinski definition) is 0. The average Bonchev–Trinajstić information content (AvgIpc) is 2.83. The second-order valence-corrected chi connectivity index (χ2v) is 10.1. The van der Waals surface area contributed by atoms with Gasteiger partial charge in [-0.1, -0.05) is 29.8 Å². The molecule has 2 aliphatic heterocycles. The maximum Gasteiger partial charge on any atom is 0.226 e. The van der Waals surface area contributed by atoms with E-state index in [1.54, 1.807) is 19.0 Å². The lowest BCUT2D eigenvalue weighted by atomic mass is 9.82. The summed E-state index contributed by atoms with van der Waals surface area (Å²) in [5.74, 6) is -0.710. The van der Waals surface area contributed by atoms with Crippen molar-refractivity contribution in [3.8, 4) is 0 Å². The number of aryl methyl sites for hydroxylation is 2. The third kappa shape index (κ3) is 3.13. The number of sulfone groups is 1. The minimum absolute atomic E-state index is 0.0304. The molecule has 1 spiro atoms. The van der Waals surface area contributed by atoms with Crippen LogP contribution in [0.5, 0.6) is 0 Å². The van der Waals surface area contributed by atoms with Crippen LogP contribution in [0.3, 0.4) is 0 Å². The fourth-order valence-electron chi connectivity index (χ4n) is 3.97. The first-order valence-electron chi connectivity index (χ1n) is 8.93. The highest BCUT2D eigenvalue weighted by atomic mass is 32.2. The van der Waals surface area contributed by atoms with E-state index in [9.17, 15) is 18.0 Å². The lowest BCUT2D eigenvalue weighted by molar-refractivity contribution is -0.143. The molecule has 2 fully saturated rings. The Labute approximate surface area is 155 Å². The Morgan fingerprint density at radius 3 is 2.38 bits per heavy atom. The van der Waals surface area contributed by atoms with Crippen LogP contribution in [0.15, 0.2) is 24.3 Å². The molecule has 2 amide bonds. The van der Waals surface area contributed by atoms with Gasteiger partial charge in [0.2, 0.25) is 11.8 Å². The molecule has 142 valence electrons. The van der Waals surface area contributed by atoms with Crippen molar-refractivity contribution in [2.24, 2.45) is 5.92 Å². The highest BCUT2D eigenvalue weighted by molar-refractivity contribution is 7.93. The van der Waals surface area contributed by atoms with Gasteiger partial charge in [-0.3, -0.25) is 9.59 Å². The topological polar surface area (TPSA) is 74.8 Å². The zero-order chi connectivity index (χ0) is 19.1. The van der Waals surface area contributed by atoms with Crippen LogP contribution in [0.4, 0.5) is 0 Å². The summed E-state index contributed by atoms with van der Waals surface area (Å²) in [4.78, 5) is 27.9. The van der Waals surface area contributed by atoms with Crippen LogP contribution in [-0.4, -0.2) is 67.7 Å². The molecule has 1 aromatic rings. The van der Waals surface area contributed by atoms with Gasteiger partial charge in [-0.2, -0.15) is 0 Å². The van der Waals surface area contributed by atoms with Gasteiger partial charge >= 0.3 is 0 Å². The van der Waals surface area contributed by atoms with Crippen molar-refractivity contribution in [1.82, 2.24) is 9.80 Å². The standard InChI is InChI=1S/C19H26N2O4S/c1-14-4-6-15(7-5-14)8-9-17(22)21-12-19(13-21)16(18(23)20(2)3)10-11-26(19,24)25/h4-7,16H,8-13H2,1-3H3. The number of likely N-dealkylation sites (tertiary alicyclic amines) is 1. The van der Waals surface area contributed by atoms with Crippen LogP contribution < -0.4 is 0 Å². The zero-order valence-corrected chi connectivity index (χ0v) is 16.4. The zero-order valence-electron chi connectivity index (χ0n) is 15.6. The van der Waals surface area contributed by atoms with Gasteiger partial charge in [0, 0.05) is 33.6 Å². The summed E-state index contributed by atoms with van der Waals surface area (Å²) in [6.07, 6.45) is 1.34. The first-order chi connectivity index (χ1) is 12.2. The molecule has 7 heteroatoms. The van der Waals surface area contributed by atoms with Crippen molar-refractivity contribution in [3.05, 3.63) is 35.4 Å². The minimum Gasteiger partial charge on any atom is -0.349 e. The molecule has 0 aromatic heterocycles. The average molecular weight is 378 g/mol. The van der Waals surface area contributed by atoms with Crippen LogP contribution in [0.2, 0.25) is 0 Å². The molecule has 2 aliphatic rings. The molecule has 0 radical (unpaired) electrons. The minimum atomic E-state index is -3.36. The van der Waals surface area contributed by atoms with Gasteiger partial charge in [-0.25, -0.2) is 8.42 Å². The third-order valence-corrected chi connectivity index (χ3v) is 8.24. The number of carbonyl (C=O) groups excluding carboxylic acids is 2. The maximum atomic E-state index is 12.6. The number of rotatable bonds is 4. The monoisotopic (exact) mass is 378 g/mol. The first kappa shape index (κ1) is 18.9. The number of nitrogens with zero attached hydrogens (tertiary/aromatic N) is 2. The van der Waals surface area contributed by atoms with Crippen LogP contribution in [0.25, 0.3) is 0 Å². The fourth-order valence-corrected chi connectivity index (χ4v) is 6.28. The van der Waals surface area contributed by atoms with E-state index in [4.69, 9.17) is 0 Å². The molecular formula is C19H26N2O4S. The molecule has 3 rings (SSSR count). The fraction of sp³-hybridized carbons (Fsp3) is 0.579. The second kappa shape index (κ2) is 6.68. The highest BCUT2D eigenvalue weighted by Gasteiger charge is 2.64. The van der Waals surface area contributed by atoms with Gasteiger partial charge in [-0.05, 0) is 25.3 Å². The molecule has 26 heavy (non-hydrogen) atoms.